The number of nitrogens with one attached hydrogen (secondary N) is 2. The van der Waals surface area contributed by atoms with Crippen molar-refractivity contribution in [3.63, 3.8) is 0 Å². The van der Waals surface area contributed by atoms with Gasteiger partial charge in [-0.3, -0.25) is 9.59 Å². The van der Waals surface area contributed by atoms with Crippen LogP contribution in [0.15, 0.2) is 54.6 Å². The number of amides is 2. The van der Waals surface area contributed by atoms with Crippen LogP contribution in [0.2, 0.25) is 0 Å². The molecule has 0 radical (unpaired) electrons. The smallest absolute Gasteiger partial charge is 0.239 e. The Morgan fingerprint density at radius 3 is 2.64 bits per heavy atom. The molecule has 0 spiro atoms. The molecule has 3 rings (SSSR count). The van der Waals surface area contributed by atoms with Crippen molar-refractivity contribution in [2.75, 3.05) is 13.2 Å². The summed E-state index contributed by atoms with van der Waals surface area (Å²) in [4.78, 5) is 24.1. The van der Waals surface area contributed by atoms with E-state index < -0.39 is 0 Å². The number of benzene rings is 2. The molecule has 2 amide bonds. The third kappa shape index (κ3) is 4.45. The van der Waals surface area contributed by atoms with Crippen molar-refractivity contribution in [3.05, 3.63) is 60.2 Å². The maximum absolute atomic E-state index is 12.2. The van der Waals surface area contributed by atoms with E-state index in [0.29, 0.717) is 6.42 Å². The predicted octanol–water partition coefficient (Wildman–Crippen LogP) is 1.55. The summed E-state index contributed by atoms with van der Waals surface area (Å²) in [7, 11) is 0. The highest BCUT2D eigenvalue weighted by Crippen LogP contribution is 2.19. The highest BCUT2D eigenvalue weighted by Gasteiger charge is 2.19. The van der Waals surface area contributed by atoms with Gasteiger partial charge in [0.2, 0.25) is 11.8 Å². The van der Waals surface area contributed by atoms with E-state index in [1.54, 1.807) is 0 Å². The lowest BCUT2D eigenvalue weighted by atomic mass is 10.0. The first-order chi connectivity index (χ1) is 12.2. The Morgan fingerprint density at radius 2 is 1.84 bits per heavy atom. The number of hydrogen-bond donors (Lipinski definition) is 3. The summed E-state index contributed by atoms with van der Waals surface area (Å²) in [6.07, 6.45) is 4.73. The summed E-state index contributed by atoms with van der Waals surface area (Å²) in [5.41, 5.74) is 0.945. The van der Waals surface area contributed by atoms with Gasteiger partial charge in [0.15, 0.2) is 0 Å². The van der Waals surface area contributed by atoms with Crippen molar-refractivity contribution >= 4 is 22.6 Å². The number of carbonyl (C=O) groups is 2. The minimum atomic E-state index is -0.223. The normalized spacial score (nSPS) is 19.1. The Balaban J connectivity index is 1.49. The van der Waals surface area contributed by atoms with Gasteiger partial charge in [0, 0.05) is 18.6 Å². The fourth-order valence-corrected chi connectivity index (χ4v) is 3.14. The average molecular weight is 338 g/mol. The molecule has 1 aliphatic rings. The van der Waals surface area contributed by atoms with Crippen molar-refractivity contribution in [1.82, 2.24) is 10.6 Å². The van der Waals surface area contributed by atoms with E-state index in [2.05, 4.69) is 10.6 Å². The summed E-state index contributed by atoms with van der Waals surface area (Å²) < 4.78 is 0. The molecular formula is C20H22N2O3. The highest BCUT2D eigenvalue weighted by atomic mass is 16.3. The van der Waals surface area contributed by atoms with E-state index in [1.165, 1.54) is 0 Å². The number of rotatable bonds is 6. The lowest BCUT2D eigenvalue weighted by Crippen LogP contribution is -2.41. The first kappa shape index (κ1) is 17.2. The first-order valence-corrected chi connectivity index (χ1v) is 8.47. The third-order valence-corrected chi connectivity index (χ3v) is 4.43. The summed E-state index contributed by atoms with van der Waals surface area (Å²) in [5, 5.41) is 16.7. The fourth-order valence-electron chi connectivity index (χ4n) is 3.14. The van der Waals surface area contributed by atoms with Crippen LogP contribution in [0.1, 0.15) is 12.0 Å². The molecule has 0 heterocycles. The first-order valence-electron chi connectivity index (χ1n) is 8.47. The van der Waals surface area contributed by atoms with Crippen LogP contribution >= 0.6 is 0 Å². The van der Waals surface area contributed by atoms with Gasteiger partial charge in [-0.1, -0.05) is 54.6 Å². The SMILES string of the molecule is O=C(Cc1cccc2ccccc12)NCC(=O)N[C@@H]1C=C[C@H](CO)C1. The average Bonchev–Trinajstić information content (AvgIpc) is 3.08. The molecule has 5 heteroatoms. The predicted molar refractivity (Wildman–Crippen MR) is 96.9 cm³/mol. The Hall–Kier alpha value is -2.66. The quantitative estimate of drug-likeness (QED) is 0.699. The van der Waals surface area contributed by atoms with Gasteiger partial charge in [0.1, 0.15) is 0 Å². The Labute approximate surface area is 146 Å². The molecule has 3 N–H and O–H groups in total. The minimum absolute atomic E-state index is 0.0439. The van der Waals surface area contributed by atoms with Crippen molar-refractivity contribution in [3.8, 4) is 0 Å². The van der Waals surface area contributed by atoms with Crippen LogP contribution in [0.5, 0.6) is 0 Å². The van der Waals surface area contributed by atoms with Crippen LogP contribution in [-0.4, -0.2) is 36.1 Å². The Morgan fingerprint density at radius 1 is 1.04 bits per heavy atom. The van der Waals surface area contributed by atoms with Crippen molar-refractivity contribution in [2.45, 2.75) is 18.9 Å². The number of aliphatic hydroxyl groups is 1. The van der Waals surface area contributed by atoms with Crippen LogP contribution in [0.4, 0.5) is 0 Å². The largest absolute Gasteiger partial charge is 0.396 e. The molecule has 0 fully saturated rings. The third-order valence-electron chi connectivity index (χ3n) is 4.43. The molecule has 0 saturated heterocycles. The van der Waals surface area contributed by atoms with Crippen molar-refractivity contribution in [2.24, 2.45) is 5.92 Å². The number of hydrogen-bond acceptors (Lipinski definition) is 3. The molecule has 0 unspecified atom stereocenters. The van der Waals surface area contributed by atoms with E-state index in [1.807, 2.05) is 54.6 Å². The second-order valence-corrected chi connectivity index (χ2v) is 6.33. The molecule has 2 atom stereocenters. The van der Waals surface area contributed by atoms with Gasteiger partial charge < -0.3 is 15.7 Å². The molecule has 5 nitrogen and oxygen atoms in total. The van der Waals surface area contributed by atoms with Crippen molar-refractivity contribution < 1.29 is 14.7 Å². The number of fused-ring (bicyclic) bond motifs is 1. The zero-order valence-corrected chi connectivity index (χ0v) is 13.9. The second-order valence-electron chi connectivity index (χ2n) is 6.33. The monoisotopic (exact) mass is 338 g/mol. The fraction of sp³-hybridized carbons (Fsp3) is 0.300. The summed E-state index contributed by atoms with van der Waals surface area (Å²) in [6, 6.07) is 13.7. The highest BCUT2D eigenvalue weighted by molar-refractivity contribution is 5.91. The van der Waals surface area contributed by atoms with Crippen LogP contribution in [0.3, 0.4) is 0 Å². The van der Waals surface area contributed by atoms with E-state index >= 15 is 0 Å². The Bertz CT molecular complexity index is 795. The Kier molecular flexibility index (Phi) is 5.46. The lowest BCUT2D eigenvalue weighted by Gasteiger charge is -2.13. The van der Waals surface area contributed by atoms with Gasteiger partial charge in [0.25, 0.3) is 0 Å². The molecular weight excluding hydrogens is 316 g/mol. The molecule has 0 bridgehead atoms. The number of aliphatic hydroxyl groups excluding tert-OH is 1. The topological polar surface area (TPSA) is 78.4 Å². The van der Waals surface area contributed by atoms with Gasteiger partial charge in [-0.15, -0.1) is 0 Å². The van der Waals surface area contributed by atoms with E-state index in [0.717, 1.165) is 16.3 Å². The zero-order valence-electron chi connectivity index (χ0n) is 13.9. The van der Waals surface area contributed by atoms with E-state index in [-0.39, 0.29) is 43.3 Å². The zero-order chi connectivity index (χ0) is 17.6. The van der Waals surface area contributed by atoms with Crippen LogP contribution in [0, 0.1) is 5.92 Å². The van der Waals surface area contributed by atoms with Crippen LogP contribution in [0.25, 0.3) is 10.8 Å². The molecule has 0 aromatic heterocycles. The van der Waals surface area contributed by atoms with Gasteiger partial charge in [-0.2, -0.15) is 0 Å². The lowest BCUT2D eigenvalue weighted by molar-refractivity contribution is -0.126. The molecule has 130 valence electrons. The molecule has 1 aliphatic carbocycles. The van der Waals surface area contributed by atoms with Gasteiger partial charge in [-0.05, 0) is 22.8 Å². The summed E-state index contributed by atoms with van der Waals surface area (Å²) >= 11 is 0. The molecule has 25 heavy (non-hydrogen) atoms. The van der Waals surface area contributed by atoms with Crippen LogP contribution < -0.4 is 10.6 Å². The van der Waals surface area contributed by atoms with Gasteiger partial charge in [-0.25, -0.2) is 0 Å². The van der Waals surface area contributed by atoms with E-state index in [9.17, 15) is 9.59 Å². The van der Waals surface area contributed by atoms with Crippen molar-refractivity contribution in [1.29, 1.82) is 0 Å². The molecule has 2 aromatic rings. The molecule has 0 aliphatic heterocycles. The van der Waals surface area contributed by atoms with Gasteiger partial charge >= 0.3 is 0 Å². The second kappa shape index (κ2) is 7.94. The summed E-state index contributed by atoms with van der Waals surface area (Å²) in [6.45, 7) is 0.0440. The van der Waals surface area contributed by atoms with Gasteiger partial charge in [0.05, 0.1) is 13.0 Å². The molecule has 2 aromatic carbocycles. The standard InChI is InChI=1S/C20H22N2O3/c23-13-14-8-9-17(10-14)22-20(25)12-21-19(24)11-16-6-3-5-15-4-1-2-7-18(15)16/h1-9,14,17,23H,10-13H2,(H,21,24)(H,22,25)/t14-,17+/m0/s1. The number of carbonyl (C=O) groups excluding carboxylic acids is 2. The maximum Gasteiger partial charge on any atom is 0.239 e. The van der Waals surface area contributed by atoms with E-state index in [4.69, 9.17) is 5.11 Å². The maximum atomic E-state index is 12.2. The van der Waals surface area contributed by atoms with Crippen LogP contribution in [-0.2, 0) is 16.0 Å². The molecule has 0 saturated carbocycles. The minimum Gasteiger partial charge on any atom is -0.396 e. The summed E-state index contributed by atoms with van der Waals surface area (Å²) in [5.74, 6) is -0.299.